The van der Waals surface area contributed by atoms with Crippen LogP contribution in [-0.4, -0.2) is 10.9 Å². The third-order valence-electron chi connectivity index (χ3n) is 3.13. The van der Waals surface area contributed by atoms with Gasteiger partial charge in [0.1, 0.15) is 0 Å². The lowest BCUT2D eigenvalue weighted by molar-refractivity contribution is 0.796. The molecule has 0 aliphatic carbocycles. The van der Waals surface area contributed by atoms with Crippen LogP contribution in [0.3, 0.4) is 0 Å². The predicted molar refractivity (Wildman–Crippen MR) is 80.6 cm³/mol. The van der Waals surface area contributed by atoms with Crippen molar-refractivity contribution in [2.45, 2.75) is 33.1 Å². The first kappa shape index (κ1) is 13.3. The van der Waals surface area contributed by atoms with Crippen LogP contribution in [0.4, 0.5) is 5.82 Å². The van der Waals surface area contributed by atoms with E-state index in [9.17, 15) is 0 Å². The van der Waals surface area contributed by atoms with E-state index >= 15 is 0 Å². The normalized spacial score (nSPS) is 10.6. The van der Waals surface area contributed by atoms with Crippen LogP contribution >= 0.6 is 0 Å². The fourth-order valence-electron chi connectivity index (χ4n) is 2.15. The Bertz CT molecular complexity index is 613. The summed E-state index contributed by atoms with van der Waals surface area (Å²) in [7, 11) is 0. The molecule has 2 rings (SSSR count). The Balaban J connectivity index is 2.44. The summed E-state index contributed by atoms with van der Waals surface area (Å²) in [6.07, 6.45) is 3.53. The molecule has 1 aromatic carbocycles. The van der Waals surface area contributed by atoms with Crippen molar-refractivity contribution >= 4 is 22.7 Å². The molecule has 4 heteroatoms. The summed E-state index contributed by atoms with van der Waals surface area (Å²) in [5.41, 5.74) is 14.2. The Kier molecular flexibility index (Phi) is 4.00. The maximum Gasteiger partial charge on any atom is 0.192 e. The summed E-state index contributed by atoms with van der Waals surface area (Å²) >= 11 is 0. The summed E-state index contributed by atoms with van der Waals surface area (Å²) < 4.78 is 0. The monoisotopic (exact) mass is 256 g/mol. The van der Waals surface area contributed by atoms with Gasteiger partial charge in [0.15, 0.2) is 11.8 Å². The summed E-state index contributed by atoms with van der Waals surface area (Å²) in [5, 5.41) is 1.17. The molecule has 0 aliphatic heterocycles. The zero-order chi connectivity index (χ0) is 13.8. The smallest absolute Gasteiger partial charge is 0.192 e. The van der Waals surface area contributed by atoms with Crippen LogP contribution in [0.15, 0.2) is 29.3 Å². The largest absolute Gasteiger partial charge is 0.370 e. The number of guanidine groups is 1. The lowest BCUT2D eigenvalue weighted by Gasteiger charge is -2.06. The summed E-state index contributed by atoms with van der Waals surface area (Å²) in [6, 6.07) is 8.29. The molecule has 4 nitrogen and oxygen atoms in total. The Labute approximate surface area is 113 Å². The van der Waals surface area contributed by atoms with Gasteiger partial charge in [-0.3, -0.25) is 0 Å². The molecule has 19 heavy (non-hydrogen) atoms. The fourth-order valence-corrected chi connectivity index (χ4v) is 2.15. The Morgan fingerprint density at radius 2 is 2.05 bits per heavy atom. The number of unbranched alkanes of at least 4 members (excludes halogenated alkanes) is 1. The van der Waals surface area contributed by atoms with Gasteiger partial charge in [0.2, 0.25) is 0 Å². The standard InChI is InChI=1S/C15H20N4/c1-3-4-5-11-6-7-13-12(9-11)10(2)8-14(18-13)19-15(16)17/h6-9H,3-5H2,1-2H3,(H4,16,17,18,19). The molecule has 0 aliphatic rings. The molecule has 0 bridgehead atoms. The summed E-state index contributed by atoms with van der Waals surface area (Å²) in [6.45, 7) is 4.26. The highest BCUT2D eigenvalue weighted by molar-refractivity contribution is 5.85. The van der Waals surface area contributed by atoms with Crippen molar-refractivity contribution in [2.75, 3.05) is 0 Å². The number of aryl methyl sites for hydroxylation is 2. The first-order chi connectivity index (χ1) is 9.10. The van der Waals surface area contributed by atoms with Crippen LogP contribution in [0.1, 0.15) is 30.9 Å². The van der Waals surface area contributed by atoms with Gasteiger partial charge in [-0.25, -0.2) is 4.98 Å². The molecule has 100 valence electrons. The highest BCUT2D eigenvalue weighted by Crippen LogP contribution is 2.23. The predicted octanol–water partition coefficient (Wildman–Crippen LogP) is 2.79. The number of benzene rings is 1. The number of hydrogen-bond donors (Lipinski definition) is 2. The van der Waals surface area contributed by atoms with Crippen LogP contribution in [-0.2, 0) is 6.42 Å². The van der Waals surface area contributed by atoms with Crippen molar-refractivity contribution in [1.29, 1.82) is 0 Å². The van der Waals surface area contributed by atoms with Crippen molar-refractivity contribution in [3.8, 4) is 0 Å². The highest BCUT2D eigenvalue weighted by Gasteiger charge is 2.04. The molecule has 0 radical (unpaired) electrons. The van der Waals surface area contributed by atoms with Gasteiger partial charge in [0, 0.05) is 5.39 Å². The molecule has 0 saturated carbocycles. The first-order valence-corrected chi connectivity index (χ1v) is 6.60. The lowest BCUT2D eigenvalue weighted by atomic mass is 10.0. The van der Waals surface area contributed by atoms with Crippen molar-refractivity contribution < 1.29 is 0 Å². The number of nitrogens with two attached hydrogens (primary N) is 2. The van der Waals surface area contributed by atoms with Crippen molar-refractivity contribution in [1.82, 2.24) is 4.98 Å². The number of fused-ring (bicyclic) bond motifs is 1. The summed E-state index contributed by atoms with van der Waals surface area (Å²) in [5.74, 6) is 0.595. The van der Waals surface area contributed by atoms with Crippen LogP contribution < -0.4 is 11.5 Å². The third-order valence-corrected chi connectivity index (χ3v) is 3.13. The van der Waals surface area contributed by atoms with E-state index in [4.69, 9.17) is 11.5 Å². The first-order valence-electron chi connectivity index (χ1n) is 6.60. The molecule has 4 N–H and O–H groups in total. The molecule has 1 aromatic heterocycles. The SMILES string of the molecule is CCCCc1ccc2nc(N=C(N)N)cc(C)c2c1. The van der Waals surface area contributed by atoms with Gasteiger partial charge in [0.25, 0.3) is 0 Å². The van der Waals surface area contributed by atoms with Crippen LogP contribution in [0.5, 0.6) is 0 Å². The third kappa shape index (κ3) is 3.22. The van der Waals surface area contributed by atoms with E-state index in [1.165, 1.54) is 23.8 Å². The van der Waals surface area contributed by atoms with Gasteiger partial charge in [-0.2, -0.15) is 4.99 Å². The molecular formula is C15H20N4. The fraction of sp³-hybridized carbons (Fsp3) is 0.333. The van der Waals surface area contributed by atoms with Crippen molar-refractivity contribution in [3.63, 3.8) is 0 Å². The zero-order valence-electron chi connectivity index (χ0n) is 11.5. The number of nitrogens with zero attached hydrogens (tertiary/aromatic N) is 2. The van der Waals surface area contributed by atoms with E-state index in [-0.39, 0.29) is 5.96 Å². The Morgan fingerprint density at radius 3 is 2.74 bits per heavy atom. The van der Waals surface area contributed by atoms with E-state index in [1.54, 1.807) is 0 Å². The van der Waals surface area contributed by atoms with E-state index < -0.39 is 0 Å². The van der Waals surface area contributed by atoms with Crippen LogP contribution in [0.25, 0.3) is 10.9 Å². The quantitative estimate of drug-likeness (QED) is 0.652. The van der Waals surface area contributed by atoms with E-state index in [2.05, 4.69) is 36.0 Å². The maximum atomic E-state index is 5.39. The minimum Gasteiger partial charge on any atom is -0.370 e. The van der Waals surface area contributed by atoms with Crippen LogP contribution in [0.2, 0.25) is 0 Å². The number of hydrogen-bond acceptors (Lipinski definition) is 2. The number of aliphatic imine (C=N–C) groups is 1. The van der Waals surface area contributed by atoms with E-state index in [0.717, 1.165) is 17.5 Å². The average Bonchev–Trinajstić information content (AvgIpc) is 2.36. The molecule has 0 spiro atoms. The number of rotatable bonds is 4. The van der Waals surface area contributed by atoms with Gasteiger partial charge < -0.3 is 11.5 Å². The minimum absolute atomic E-state index is 0.0332. The Hall–Kier alpha value is -2.10. The summed E-state index contributed by atoms with van der Waals surface area (Å²) in [4.78, 5) is 8.45. The molecule has 0 saturated heterocycles. The number of aromatic nitrogens is 1. The van der Waals surface area contributed by atoms with Gasteiger partial charge >= 0.3 is 0 Å². The minimum atomic E-state index is 0.0332. The topological polar surface area (TPSA) is 77.3 Å². The van der Waals surface area contributed by atoms with Crippen molar-refractivity contribution in [3.05, 3.63) is 35.4 Å². The number of pyridine rings is 1. The molecule has 0 unspecified atom stereocenters. The highest BCUT2D eigenvalue weighted by atomic mass is 15.0. The van der Waals surface area contributed by atoms with E-state index in [0.29, 0.717) is 5.82 Å². The van der Waals surface area contributed by atoms with Crippen molar-refractivity contribution in [2.24, 2.45) is 16.5 Å². The van der Waals surface area contributed by atoms with Crippen LogP contribution in [0, 0.1) is 6.92 Å². The second-order valence-electron chi connectivity index (χ2n) is 4.79. The maximum absolute atomic E-state index is 5.39. The van der Waals surface area contributed by atoms with Gasteiger partial charge in [-0.05, 0) is 49.1 Å². The molecule has 0 atom stereocenters. The zero-order valence-corrected chi connectivity index (χ0v) is 11.5. The van der Waals surface area contributed by atoms with Gasteiger partial charge in [0.05, 0.1) is 5.52 Å². The van der Waals surface area contributed by atoms with Gasteiger partial charge in [-0.15, -0.1) is 0 Å². The average molecular weight is 256 g/mol. The molecule has 1 heterocycles. The molecular weight excluding hydrogens is 236 g/mol. The lowest BCUT2D eigenvalue weighted by Crippen LogP contribution is -2.22. The Morgan fingerprint density at radius 1 is 1.26 bits per heavy atom. The second kappa shape index (κ2) is 5.69. The van der Waals surface area contributed by atoms with Gasteiger partial charge in [-0.1, -0.05) is 19.4 Å². The second-order valence-corrected chi connectivity index (χ2v) is 4.79. The van der Waals surface area contributed by atoms with E-state index in [1.807, 2.05) is 12.1 Å². The molecule has 0 fully saturated rings. The molecule has 0 amide bonds. The molecule has 2 aromatic rings.